The summed E-state index contributed by atoms with van der Waals surface area (Å²) in [6.45, 7) is 9.08. The summed E-state index contributed by atoms with van der Waals surface area (Å²) in [5.41, 5.74) is 4.90. The van der Waals surface area contributed by atoms with Gasteiger partial charge in [0.15, 0.2) is 9.84 Å². The van der Waals surface area contributed by atoms with Crippen LogP contribution in [0.4, 0.5) is 5.69 Å². The summed E-state index contributed by atoms with van der Waals surface area (Å²) in [6, 6.07) is 9.38. The van der Waals surface area contributed by atoms with Crippen molar-refractivity contribution in [2.45, 2.75) is 30.9 Å². The molecule has 42 heavy (non-hydrogen) atoms. The summed E-state index contributed by atoms with van der Waals surface area (Å²) >= 11 is 12.4. The van der Waals surface area contributed by atoms with E-state index >= 15 is 0 Å². The SMILES string of the molecule is Cc1[nH]c(C=C2C(=O)Nc3ccc(S(=O)(=O)Cc4c(Cl)cccc4Cl)cc32)c(C)c1CC(=O)NCCN1CCNCC1. The molecule has 1 saturated heterocycles. The number of amides is 2. The van der Waals surface area contributed by atoms with Crippen LogP contribution in [0.5, 0.6) is 0 Å². The number of rotatable bonds is 9. The minimum atomic E-state index is -3.83. The largest absolute Gasteiger partial charge is 0.359 e. The fourth-order valence-electron chi connectivity index (χ4n) is 5.33. The number of aromatic nitrogens is 1. The smallest absolute Gasteiger partial charge is 0.256 e. The van der Waals surface area contributed by atoms with Crippen LogP contribution in [0.2, 0.25) is 10.0 Å². The zero-order valence-electron chi connectivity index (χ0n) is 23.4. The van der Waals surface area contributed by atoms with Gasteiger partial charge in [0.2, 0.25) is 5.91 Å². The molecule has 5 rings (SSSR count). The molecule has 9 nitrogen and oxygen atoms in total. The summed E-state index contributed by atoms with van der Waals surface area (Å²) in [5.74, 6) is -0.778. The molecule has 1 fully saturated rings. The Bertz CT molecular complexity index is 1660. The molecular weight excluding hydrogens is 597 g/mol. The minimum absolute atomic E-state index is 0.0530. The Morgan fingerprint density at radius 1 is 1.07 bits per heavy atom. The van der Waals surface area contributed by atoms with E-state index in [1.165, 1.54) is 12.1 Å². The normalized spacial score (nSPS) is 16.5. The van der Waals surface area contributed by atoms with Crippen LogP contribution in [0, 0.1) is 13.8 Å². The molecular formula is C30H33Cl2N5O4S. The van der Waals surface area contributed by atoms with Gasteiger partial charge in [-0.25, -0.2) is 8.42 Å². The van der Waals surface area contributed by atoms with Crippen LogP contribution in [0.1, 0.15) is 33.6 Å². The van der Waals surface area contributed by atoms with Gasteiger partial charge in [0, 0.05) is 77.5 Å². The van der Waals surface area contributed by atoms with E-state index in [1.54, 1.807) is 30.3 Å². The number of aromatic amines is 1. The second-order valence-corrected chi connectivity index (χ2v) is 13.4. The van der Waals surface area contributed by atoms with E-state index in [1.807, 2.05) is 13.8 Å². The maximum absolute atomic E-state index is 13.3. The first-order chi connectivity index (χ1) is 20.0. The number of H-pyrrole nitrogens is 1. The molecule has 2 aromatic carbocycles. The number of aryl methyl sites for hydroxylation is 1. The molecule has 0 aliphatic carbocycles. The average Bonchev–Trinajstić information content (AvgIpc) is 3.41. The highest BCUT2D eigenvalue weighted by Gasteiger charge is 2.28. The van der Waals surface area contributed by atoms with Crippen LogP contribution in [0.15, 0.2) is 41.3 Å². The molecule has 4 N–H and O–H groups in total. The number of fused-ring (bicyclic) bond motifs is 1. The lowest BCUT2D eigenvalue weighted by Crippen LogP contribution is -2.46. The quantitative estimate of drug-likeness (QED) is 0.266. The molecule has 0 atom stereocenters. The second kappa shape index (κ2) is 12.6. The van der Waals surface area contributed by atoms with Gasteiger partial charge in [0.25, 0.3) is 5.91 Å². The van der Waals surface area contributed by atoms with Crippen LogP contribution in [-0.2, 0) is 31.6 Å². The molecule has 12 heteroatoms. The lowest BCUT2D eigenvalue weighted by molar-refractivity contribution is -0.120. The fraction of sp³-hybridized carbons (Fsp3) is 0.333. The van der Waals surface area contributed by atoms with Crippen molar-refractivity contribution in [1.29, 1.82) is 0 Å². The third-order valence-corrected chi connectivity index (χ3v) is 10.1. The molecule has 0 spiro atoms. The van der Waals surface area contributed by atoms with Crippen LogP contribution >= 0.6 is 23.2 Å². The van der Waals surface area contributed by atoms with E-state index in [9.17, 15) is 18.0 Å². The Labute approximate surface area is 255 Å². The number of hydrogen-bond donors (Lipinski definition) is 4. The van der Waals surface area contributed by atoms with Gasteiger partial charge in [-0.05, 0) is 61.4 Å². The number of nitrogens with one attached hydrogen (secondary N) is 4. The van der Waals surface area contributed by atoms with E-state index in [4.69, 9.17) is 23.2 Å². The number of benzene rings is 2. The van der Waals surface area contributed by atoms with Crippen LogP contribution in [-0.4, -0.2) is 69.4 Å². The molecule has 3 aromatic rings. The minimum Gasteiger partial charge on any atom is -0.359 e. The standard InChI is InChI=1S/C30H33Cl2N5O4S/c1-18-21(16-29(38)34-10-13-37-11-8-33-9-12-37)19(2)35-28(18)15-23-22-14-20(6-7-27(22)36-30(23)39)42(40,41)17-24-25(31)4-3-5-26(24)32/h3-7,14-15,33,35H,8-13,16-17H2,1-2H3,(H,34,38)(H,36,39). The highest BCUT2D eigenvalue weighted by molar-refractivity contribution is 7.90. The topological polar surface area (TPSA) is 123 Å². The molecule has 1 aromatic heterocycles. The molecule has 2 amide bonds. The zero-order chi connectivity index (χ0) is 30.0. The summed E-state index contributed by atoms with van der Waals surface area (Å²) in [6.07, 6.45) is 1.92. The van der Waals surface area contributed by atoms with Gasteiger partial charge in [0.1, 0.15) is 0 Å². The van der Waals surface area contributed by atoms with Gasteiger partial charge in [-0.1, -0.05) is 29.3 Å². The molecule has 2 aliphatic rings. The Balaban J connectivity index is 1.34. The van der Waals surface area contributed by atoms with Gasteiger partial charge in [-0.15, -0.1) is 0 Å². The number of nitrogens with zero attached hydrogens (tertiary/aromatic N) is 1. The molecule has 0 bridgehead atoms. The number of halogens is 2. The lowest BCUT2D eigenvalue weighted by atomic mass is 10.0. The summed E-state index contributed by atoms with van der Waals surface area (Å²) in [7, 11) is -3.83. The molecule has 0 radical (unpaired) electrons. The van der Waals surface area contributed by atoms with Crippen LogP contribution < -0.4 is 16.0 Å². The maximum atomic E-state index is 13.3. The van der Waals surface area contributed by atoms with Crippen molar-refractivity contribution in [3.8, 4) is 0 Å². The van der Waals surface area contributed by atoms with Crippen molar-refractivity contribution in [2.24, 2.45) is 0 Å². The number of piperazine rings is 1. The number of anilines is 1. The Morgan fingerprint density at radius 2 is 1.79 bits per heavy atom. The first-order valence-electron chi connectivity index (χ1n) is 13.7. The third kappa shape index (κ3) is 6.58. The number of sulfone groups is 1. The number of carbonyl (C=O) groups excluding carboxylic acids is 2. The van der Waals surface area contributed by atoms with Crippen molar-refractivity contribution >= 4 is 62.2 Å². The van der Waals surface area contributed by atoms with Crippen molar-refractivity contribution < 1.29 is 18.0 Å². The molecule has 0 saturated carbocycles. The predicted octanol–water partition coefficient (Wildman–Crippen LogP) is 3.97. The van der Waals surface area contributed by atoms with E-state index in [-0.39, 0.29) is 38.9 Å². The van der Waals surface area contributed by atoms with Crippen molar-refractivity contribution in [1.82, 2.24) is 20.5 Å². The zero-order valence-corrected chi connectivity index (χ0v) is 25.8. The maximum Gasteiger partial charge on any atom is 0.256 e. The Morgan fingerprint density at radius 3 is 2.50 bits per heavy atom. The molecule has 2 aliphatic heterocycles. The highest BCUT2D eigenvalue weighted by Crippen LogP contribution is 2.37. The van der Waals surface area contributed by atoms with Crippen LogP contribution in [0.25, 0.3) is 11.6 Å². The first-order valence-corrected chi connectivity index (χ1v) is 16.1. The van der Waals surface area contributed by atoms with E-state index < -0.39 is 9.84 Å². The lowest BCUT2D eigenvalue weighted by Gasteiger charge is -2.27. The van der Waals surface area contributed by atoms with E-state index in [0.29, 0.717) is 34.6 Å². The highest BCUT2D eigenvalue weighted by atomic mass is 35.5. The van der Waals surface area contributed by atoms with Gasteiger partial charge in [0.05, 0.1) is 22.6 Å². The van der Waals surface area contributed by atoms with Gasteiger partial charge >= 0.3 is 0 Å². The monoisotopic (exact) mass is 629 g/mol. The predicted molar refractivity (Wildman–Crippen MR) is 167 cm³/mol. The molecule has 222 valence electrons. The van der Waals surface area contributed by atoms with Gasteiger partial charge in [-0.3, -0.25) is 14.5 Å². The summed E-state index contributed by atoms with van der Waals surface area (Å²) in [4.78, 5) is 31.3. The van der Waals surface area contributed by atoms with Crippen LogP contribution in [0.3, 0.4) is 0 Å². The number of carbonyl (C=O) groups is 2. The third-order valence-electron chi connectivity index (χ3n) is 7.75. The summed E-state index contributed by atoms with van der Waals surface area (Å²) in [5, 5.41) is 9.68. The first kappa shape index (κ1) is 30.3. The summed E-state index contributed by atoms with van der Waals surface area (Å²) < 4.78 is 26.7. The van der Waals surface area contributed by atoms with Crippen molar-refractivity contribution in [3.63, 3.8) is 0 Å². The van der Waals surface area contributed by atoms with Crippen molar-refractivity contribution in [2.75, 3.05) is 44.6 Å². The van der Waals surface area contributed by atoms with Gasteiger partial charge < -0.3 is 20.9 Å². The second-order valence-electron chi connectivity index (χ2n) is 10.6. The van der Waals surface area contributed by atoms with E-state index in [2.05, 4.69) is 25.8 Å². The fourth-order valence-corrected chi connectivity index (χ4v) is 7.45. The average molecular weight is 631 g/mol. The van der Waals surface area contributed by atoms with E-state index in [0.717, 1.165) is 49.5 Å². The van der Waals surface area contributed by atoms with Crippen molar-refractivity contribution in [3.05, 3.63) is 80.1 Å². The molecule has 0 unspecified atom stereocenters. The number of hydrogen-bond acceptors (Lipinski definition) is 6. The Kier molecular flexibility index (Phi) is 9.10. The molecule has 3 heterocycles. The van der Waals surface area contributed by atoms with Gasteiger partial charge in [-0.2, -0.15) is 0 Å². The Hall–Kier alpha value is -3.15.